The lowest BCUT2D eigenvalue weighted by Gasteiger charge is -2.19. The maximum absolute atomic E-state index is 12.2. The molecule has 27 heavy (non-hydrogen) atoms. The van der Waals surface area contributed by atoms with Gasteiger partial charge >= 0.3 is 6.09 Å². The van der Waals surface area contributed by atoms with Crippen molar-refractivity contribution in [3.8, 4) is 17.2 Å². The average Bonchev–Trinajstić information content (AvgIpc) is 2.66. The molecule has 2 amide bonds. The molecule has 1 atom stereocenters. The third-order valence-corrected chi connectivity index (χ3v) is 3.81. The number of hydrogen-bond donors (Lipinski definition) is 2. The number of nitrogens with one attached hydrogen (secondary N) is 2. The molecule has 0 unspecified atom stereocenters. The Morgan fingerprint density at radius 1 is 1.04 bits per heavy atom. The van der Waals surface area contributed by atoms with Gasteiger partial charge in [0.15, 0.2) is 6.10 Å². The lowest BCUT2D eigenvalue weighted by Crippen LogP contribution is -2.39. The number of hydrogen-bond acceptors (Lipinski definition) is 4. The van der Waals surface area contributed by atoms with Crippen LogP contribution in [0.4, 0.5) is 10.5 Å². The minimum absolute atomic E-state index is 0.126. The molecule has 6 nitrogen and oxygen atoms in total. The number of nitriles is 1. The Labute approximate surface area is 159 Å². The van der Waals surface area contributed by atoms with E-state index >= 15 is 0 Å². The van der Waals surface area contributed by atoms with Crippen LogP contribution in [-0.4, -0.2) is 24.6 Å². The molecule has 0 spiro atoms. The normalized spacial score (nSPS) is 11.3. The van der Waals surface area contributed by atoms with Crippen LogP contribution in [0.2, 0.25) is 0 Å². The molecule has 0 aliphatic heterocycles. The van der Waals surface area contributed by atoms with Gasteiger partial charge in [0.1, 0.15) is 6.54 Å². The molecule has 2 aromatic rings. The van der Waals surface area contributed by atoms with E-state index < -0.39 is 18.1 Å². The fourth-order valence-corrected chi connectivity index (χ4v) is 2.53. The minimum Gasteiger partial charge on any atom is -0.436 e. The van der Waals surface area contributed by atoms with Crippen LogP contribution in [0.25, 0.3) is 11.1 Å². The van der Waals surface area contributed by atoms with E-state index in [0.29, 0.717) is 12.1 Å². The molecule has 140 valence electrons. The smallest absolute Gasteiger partial charge is 0.412 e. The second kappa shape index (κ2) is 9.97. The van der Waals surface area contributed by atoms with E-state index in [0.717, 1.165) is 11.1 Å². The van der Waals surface area contributed by atoms with Crippen molar-refractivity contribution in [2.24, 2.45) is 5.92 Å². The van der Waals surface area contributed by atoms with Crippen molar-refractivity contribution in [1.29, 1.82) is 5.26 Å². The highest BCUT2D eigenvalue weighted by molar-refractivity contribution is 5.89. The Morgan fingerprint density at radius 3 is 2.26 bits per heavy atom. The molecule has 0 bridgehead atoms. The van der Waals surface area contributed by atoms with Crippen molar-refractivity contribution in [2.75, 3.05) is 11.9 Å². The molecule has 2 N–H and O–H groups in total. The van der Waals surface area contributed by atoms with Gasteiger partial charge in [-0.1, -0.05) is 56.3 Å². The Morgan fingerprint density at radius 2 is 1.67 bits per heavy atom. The molecule has 0 fully saturated rings. The van der Waals surface area contributed by atoms with Crippen molar-refractivity contribution in [2.45, 2.75) is 26.4 Å². The molecule has 0 aromatic heterocycles. The first-order valence-corrected chi connectivity index (χ1v) is 8.77. The zero-order chi connectivity index (χ0) is 19.6. The highest BCUT2D eigenvalue weighted by atomic mass is 16.6. The van der Waals surface area contributed by atoms with Crippen molar-refractivity contribution >= 4 is 17.7 Å². The largest absolute Gasteiger partial charge is 0.436 e. The van der Waals surface area contributed by atoms with E-state index in [4.69, 9.17) is 10.00 Å². The summed E-state index contributed by atoms with van der Waals surface area (Å²) in [5.74, 6) is -0.319. The molecular weight excluding hydrogens is 342 g/mol. The summed E-state index contributed by atoms with van der Waals surface area (Å²) in [5.41, 5.74) is 2.68. The van der Waals surface area contributed by atoms with Crippen LogP contribution in [0.1, 0.15) is 20.3 Å². The lowest BCUT2D eigenvalue weighted by atomic mass is 10.1. The van der Waals surface area contributed by atoms with Gasteiger partial charge in [0.25, 0.3) is 5.91 Å². The van der Waals surface area contributed by atoms with Crippen molar-refractivity contribution < 1.29 is 14.3 Å². The number of amides is 2. The number of carbonyl (C=O) groups is 2. The lowest BCUT2D eigenvalue weighted by molar-refractivity contribution is -0.129. The summed E-state index contributed by atoms with van der Waals surface area (Å²) in [7, 11) is 0. The van der Waals surface area contributed by atoms with Crippen molar-refractivity contribution in [1.82, 2.24) is 5.32 Å². The van der Waals surface area contributed by atoms with Crippen LogP contribution in [0, 0.1) is 17.2 Å². The van der Waals surface area contributed by atoms with Gasteiger partial charge < -0.3 is 10.1 Å². The molecular formula is C21H23N3O3. The molecule has 2 rings (SSSR count). The van der Waals surface area contributed by atoms with Crippen LogP contribution >= 0.6 is 0 Å². The predicted molar refractivity (Wildman–Crippen MR) is 104 cm³/mol. The molecule has 0 saturated carbocycles. The van der Waals surface area contributed by atoms with E-state index in [1.165, 1.54) is 0 Å². The summed E-state index contributed by atoms with van der Waals surface area (Å²) in [5, 5.41) is 13.6. The van der Waals surface area contributed by atoms with Crippen LogP contribution in [0.15, 0.2) is 54.6 Å². The number of benzene rings is 2. The highest BCUT2D eigenvalue weighted by Gasteiger charge is 2.23. The molecule has 6 heteroatoms. The summed E-state index contributed by atoms with van der Waals surface area (Å²) in [4.78, 5) is 24.2. The van der Waals surface area contributed by atoms with Crippen LogP contribution in [-0.2, 0) is 9.53 Å². The Bertz CT molecular complexity index is 796. The van der Waals surface area contributed by atoms with Gasteiger partial charge in [0.2, 0.25) is 0 Å². The van der Waals surface area contributed by atoms with Crippen LogP contribution in [0.5, 0.6) is 0 Å². The van der Waals surface area contributed by atoms with Crippen LogP contribution in [0.3, 0.4) is 0 Å². The molecule has 2 aromatic carbocycles. The highest BCUT2D eigenvalue weighted by Crippen LogP contribution is 2.21. The van der Waals surface area contributed by atoms with Gasteiger partial charge in [-0.25, -0.2) is 4.79 Å². The predicted octanol–water partition coefficient (Wildman–Crippen LogP) is 3.96. The Balaban J connectivity index is 1.98. The standard InChI is InChI=1S/C21H23N3O3/c1-15(2)14-19(20(25)23-13-12-22)27-21(26)24-18-10-8-17(9-11-18)16-6-4-3-5-7-16/h3-11,15,19H,13-14H2,1-2H3,(H,23,25)(H,24,26)/t19-/m1/s1. The van der Waals surface area contributed by atoms with E-state index in [-0.39, 0.29) is 12.5 Å². The maximum Gasteiger partial charge on any atom is 0.412 e. The maximum atomic E-state index is 12.2. The molecule has 0 aliphatic carbocycles. The van der Waals surface area contributed by atoms with Gasteiger partial charge in [0.05, 0.1) is 6.07 Å². The number of nitrogens with zero attached hydrogens (tertiary/aromatic N) is 1. The summed E-state index contributed by atoms with van der Waals surface area (Å²) in [6.45, 7) is 3.72. The fraction of sp³-hybridized carbons (Fsp3) is 0.286. The zero-order valence-corrected chi connectivity index (χ0v) is 15.4. The monoisotopic (exact) mass is 365 g/mol. The average molecular weight is 365 g/mol. The van der Waals surface area contributed by atoms with Gasteiger partial charge in [-0.2, -0.15) is 5.26 Å². The van der Waals surface area contributed by atoms with E-state index in [9.17, 15) is 9.59 Å². The van der Waals surface area contributed by atoms with Gasteiger partial charge in [-0.15, -0.1) is 0 Å². The summed E-state index contributed by atoms with van der Waals surface area (Å²) >= 11 is 0. The first kappa shape index (κ1) is 20.0. The first-order chi connectivity index (χ1) is 13.0. The summed E-state index contributed by atoms with van der Waals surface area (Å²) < 4.78 is 5.27. The summed E-state index contributed by atoms with van der Waals surface area (Å²) in [6, 6.07) is 19.1. The summed E-state index contributed by atoms with van der Waals surface area (Å²) in [6.07, 6.45) is -1.28. The first-order valence-electron chi connectivity index (χ1n) is 8.77. The minimum atomic E-state index is -0.943. The van der Waals surface area contributed by atoms with Gasteiger partial charge in [-0.3, -0.25) is 10.1 Å². The number of rotatable bonds is 7. The molecule has 0 aliphatic rings. The molecule has 0 heterocycles. The van der Waals surface area contributed by atoms with Crippen LogP contribution < -0.4 is 10.6 Å². The SMILES string of the molecule is CC(C)C[C@@H](OC(=O)Nc1ccc(-c2ccccc2)cc1)C(=O)NCC#N. The Kier molecular flexibility index (Phi) is 7.38. The number of carbonyl (C=O) groups excluding carboxylic acids is 2. The van der Waals surface area contributed by atoms with Crippen molar-refractivity contribution in [3.63, 3.8) is 0 Å². The van der Waals surface area contributed by atoms with Gasteiger partial charge in [0, 0.05) is 5.69 Å². The third-order valence-electron chi connectivity index (χ3n) is 3.81. The zero-order valence-electron chi connectivity index (χ0n) is 15.4. The topological polar surface area (TPSA) is 91.2 Å². The second-order valence-electron chi connectivity index (χ2n) is 6.47. The fourth-order valence-electron chi connectivity index (χ4n) is 2.53. The number of anilines is 1. The molecule has 0 radical (unpaired) electrons. The molecule has 0 saturated heterocycles. The quantitative estimate of drug-likeness (QED) is 0.727. The Hall–Kier alpha value is -3.33. The third kappa shape index (κ3) is 6.48. The van der Waals surface area contributed by atoms with E-state index in [1.807, 2.05) is 62.4 Å². The van der Waals surface area contributed by atoms with Gasteiger partial charge in [-0.05, 0) is 35.6 Å². The second-order valence-corrected chi connectivity index (χ2v) is 6.47. The van der Waals surface area contributed by atoms with Crippen molar-refractivity contribution in [3.05, 3.63) is 54.6 Å². The van der Waals surface area contributed by atoms with E-state index in [1.54, 1.807) is 12.1 Å². The number of ether oxygens (including phenoxy) is 1. The van der Waals surface area contributed by atoms with E-state index in [2.05, 4.69) is 10.6 Å².